The third-order valence-electron chi connectivity index (χ3n) is 1.29. The molecule has 2 unspecified atom stereocenters. The van der Waals surface area contributed by atoms with E-state index in [-0.39, 0.29) is 0 Å². The number of rotatable bonds is 2. The van der Waals surface area contributed by atoms with Crippen LogP contribution < -0.4 is 0 Å². The van der Waals surface area contributed by atoms with Gasteiger partial charge in [-0.2, -0.15) is 0 Å². The standard InChI is InChI=1S/C4H5Br6O4P/c5-3(6,7)1(11)15(13,14)2(12)4(8,9)10/h1-2,11-12H,(H,13,14). The topological polar surface area (TPSA) is 77.8 Å². The normalized spacial score (nSPS) is 21.9. The first-order chi connectivity index (χ1) is 6.31. The quantitative estimate of drug-likeness (QED) is 0.324. The highest BCUT2D eigenvalue weighted by Crippen LogP contribution is 2.63. The van der Waals surface area contributed by atoms with E-state index in [1.54, 1.807) is 0 Å². The van der Waals surface area contributed by atoms with Crippen LogP contribution in [0.4, 0.5) is 0 Å². The Morgan fingerprint density at radius 2 is 1.07 bits per heavy atom. The Labute approximate surface area is 137 Å². The Balaban J connectivity index is 5.08. The highest BCUT2D eigenvalue weighted by atomic mass is 80.0. The molecule has 0 rings (SSSR count). The van der Waals surface area contributed by atoms with Crippen molar-refractivity contribution in [2.75, 3.05) is 0 Å². The first-order valence-corrected chi connectivity index (χ1v) is 9.68. The predicted molar refractivity (Wildman–Crippen MR) is 80.9 cm³/mol. The Bertz CT molecular complexity index is 247. The molecule has 0 saturated heterocycles. The Morgan fingerprint density at radius 3 is 1.20 bits per heavy atom. The Hall–Kier alpha value is 2.99. The summed E-state index contributed by atoms with van der Waals surface area (Å²) in [5, 5.41) is 19.1. The molecule has 0 aromatic rings. The lowest BCUT2D eigenvalue weighted by atomic mass is 10.8. The molecule has 4 nitrogen and oxygen atoms in total. The van der Waals surface area contributed by atoms with E-state index in [1.165, 1.54) is 0 Å². The van der Waals surface area contributed by atoms with Gasteiger partial charge in [-0.25, -0.2) is 0 Å². The van der Waals surface area contributed by atoms with Gasteiger partial charge in [-0.15, -0.1) is 0 Å². The number of alkyl halides is 6. The molecule has 15 heavy (non-hydrogen) atoms. The fourth-order valence-electron chi connectivity index (χ4n) is 0.553. The van der Waals surface area contributed by atoms with Crippen molar-refractivity contribution in [3.63, 3.8) is 0 Å². The molecule has 0 aliphatic carbocycles. The van der Waals surface area contributed by atoms with Crippen LogP contribution in [0.3, 0.4) is 0 Å². The Kier molecular flexibility index (Phi) is 7.15. The number of hydrogen-bond acceptors (Lipinski definition) is 3. The van der Waals surface area contributed by atoms with Crippen molar-refractivity contribution in [1.29, 1.82) is 0 Å². The van der Waals surface area contributed by atoms with Gasteiger partial charge in [0.05, 0.1) is 0 Å². The fourth-order valence-corrected chi connectivity index (χ4v) is 6.94. The van der Waals surface area contributed by atoms with Gasteiger partial charge in [-0.3, -0.25) is 4.57 Å². The lowest BCUT2D eigenvalue weighted by Crippen LogP contribution is -2.34. The molecule has 2 atom stereocenters. The van der Waals surface area contributed by atoms with Crippen LogP contribution in [0, 0.1) is 0 Å². The van der Waals surface area contributed by atoms with E-state index >= 15 is 0 Å². The molecule has 0 amide bonds. The van der Waals surface area contributed by atoms with E-state index in [0.717, 1.165) is 0 Å². The molecule has 0 fully saturated rings. The van der Waals surface area contributed by atoms with Crippen LogP contribution in [0.1, 0.15) is 0 Å². The molecule has 0 aliphatic rings. The minimum atomic E-state index is -4.29. The van der Waals surface area contributed by atoms with Gasteiger partial charge >= 0.3 is 0 Å². The van der Waals surface area contributed by atoms with Crippen molar-refractivity contribution >= 4 is 103 Å². The minimum Gasteiger partial charge on any atom is -0.380 e. The maximum atomic E-state index is 11.8. The van der Waals surface area contributed by atoms with Gasteiger partial charge in [-0.1, -0.05) is 95.6 Å². The van der Waals surface area contributed by atoms with Crippen molar-refractivity contribution in [2.45, 2.75) is 16.0 Å². The van der Waals surface area contributed by atoms with E-state index < -0.39 is 23.3 Å². The van der Waals surface area contributed by atoms with Crippen molar-refractivity contribution < 1.29 is 19.7 Å². The van der Waals surface area contributed by atoms with Crippen LogP contribution in [0.2, 0.25) is 0 Å². The van der Waals surface area contributed by atoms with Crippen molar-refractivity contribution in [3.05, 3.63) is 0 Å². The van der Waals surface area contributed by atoms with Crippen LogP contribution in [-0.2, 0) is 4.57 Å². The van der Waals surface area contributed by atoms with Crippen molar-refractivity contribution in [2.24, 2.45) is 0 Å². The number of aliphatic hydroxyl groups is 2. The second-order valence-electron chi connectivity index (χ2n) is 2.50. The maximum absolute atomic E-state index is 11.8. The molecular weight excluding hydrogens is 622 g/mol. The molecule has 0 aliphatic heterocycles. The second kappa shape index (κ2) is 5.96. The molecule has 0 saturated carbocycles. The van der Waals surface area contributed by atoms with Crippen LogP contribution >= 0.6 is 103 Å². The zero-order chi connectivity index (χ0) is 12.7. The first kappa shape index (κ1) is 18.0. The van der Waals surface area contributed by atoms with E-state index in [0.29, 0.717) is 0 Å². The summed E-state index contributed by atoms with van der Waals surface area (Å²) in [6.07, 6.45) is 0. The van der Waals surface area contributed by atoms with Gasteiger partial charge in [0, 0.05) is 0 Å². The highest BCUT2D eigenvalue weighted by Gasteiger charge is 2.52. The molecule has 0 spiro atoms. The van der Waals surface area contributed by atoms with Gasteiger partial charge in [0.15, 0.2) is 16.0 Å². The smallest absolute Gasteiger partial charge is 0.262 e. The van der Waals surface area contributed by atoms with Crippen LogP contribution in [-0.4, -0.2) is 31.1 Å². The summed E-state index contributed by atoms with van der Waals surface area (Å²) in [7, 11) is -4.29. The van der Waals surface area contributed by atoms with Crippen LogP contribution in [0.25, 0.3) is 0 Å². The number of aliphatic hydroxyl groups excluding tert-OH is 2. The van der Waals surface area contributed by atoms with E-state index in [9.17, 15) is 19.7 Å². The zero-order valence-electron chi connectivity index (χ0n) is 6.62. The highest BCUT2D eigenvalue weighted by molar-refractivity contribution is 9.40. The average Bonchev–Trinajstić information content (AvgIpc) is 1.98. The van der Waals surface area contributed by atoms with Crippen molar-refractivity contribution in [1.82, 2.24) is 0 Å². The van der Waals surface area contributed by atoms with E-state index in [2.05, 4.69) is 95.6 Å². The SMILES string of the molecule is O=P(O)(C(O)C(Br)(Br)Br)C(O)C(Br)(Br)Br. The molecule has 0 aromatic heterocycles. The van der Waals surface area contributed by atoms with Gasteiger partial charge in [0.2, 0.25) is 0 Å². The third-order valence-corrected chi connectivity index (χ3v) is 8.19. The Morgan fingerprint density at radius 1 is 0.867 bits per heavy atom. The summed E-state index contributed by atoms with van der Waals surface area (Å²) in [4.78, 5) is 9.60. The molecule has 0 aromatic carbocycles. The lowest BCUT2D eigenvalue weighted by Gasteiger charge is -2.31. The van der Waals surface area contributed by atoms with E-state index in [1.807, 2.05) is 0 Å². The van der Waals surface area contributed by atoms with Gasteiger partial charge < -0.3 is 15.1 Å². The van der Waals surface area contributed by atoms with Gasteiger partial charge in [-0.05, 0) is 0 Å². The molecular formula is C4H5Br6O4P. The summed E-state index contributed by atoms with van der Waals surface area (Å²) in [5.41, 5.74) is 0. The maximum Gasteiger partial charge on any atom is 0.262 e. The predicted octanol–water partition coefficient (Wildman–Crippen LogP) is 3.57. The van der Waals surface area contributed by atoms with Gasteiger partial charge in [0.1, 0.15) is 0 Å². The average molecular weight is 627 g/mol. The second-order valence-corrected chi connectivity index (χ2v) is 18.7. The summed E-state index contributed by atoms with van der Waals surface area (Å²) >= 11 is 17.5. The molecule has 0 heterocycles. The summed E-state index contributed by atoms with van der Waals surface area (Å²) in [6, 6.07) is 0. The largest absolute Gasteiger partial charge is 0.380 e. The minimum absolute atomic E-state index is 1.35. The fraction of sp³-hybridized carbons (Fsp3) is 1.00. The van der Waals surface area contributed by atoms with Crippen molar-refractivity contribution in [3.8, 4) is 0 Å². The zero-order valence-corrected chi connectivity index (χ0v) is 17.0. The summed E-state index contributed by atoms with van der Waals surface area (Å²) in [6.45, 7) is 0. The molecule has 3 N–H and O–H groups in total. The summed E-state index contributed by atoms with van der Waals surface area (Å²) < 4.78 is 9.08. The molecule has 0 bridgehead atoms. The van der Waals surface area contributed by atoms with Gasteiger partial charge in [0.25, 0.3) is 7.37 Å². The monoisotopic (exact) mass is 622 g/mol. The molecule has 11 heteroatoms. The lowest BCUT2D eigenvalue weighted by molar-refractivity contribution is 0.196. The van der Waals surface area contributed by atoms with Crippen LogP contribution in [0.5, 0.6) is 0 Å². The summed E-state index contributed by atoms with van der Waals surface area (Å²) in [5.74, 6) is -3.51. The van der Waals surface area contributed by atoms with Crippen LogP contribution in [0.15, 0.2) is 0 Å². The van der Waals surface area contributed by atoms with E-state index in [4.69, 9.17) is 0 Å². The molecule has 92 valence electrons. The third kappa shape index (κ3) is 5.24. The molecule has 0 radical (unpaired) electrons. The number of halogens is 6. The number of hydrogen-bond donors (Lipinski definition) is 3. The first-order valence-electron chi connectivity index (χ1n) is 3.13.